The second-order valence-electron chi connectivity index (χ2n) is 9.11. The highest BCUT2D eigenvalue weighted by molar-refractivity contribution is 6.30. The van der Waals surface area contributed by atoms with E-state index in [2.05, 4.69) is 39.8 Å². The van der Waals surface area contributed by atoms with E-state index in [0.29, 0.717) is 31.3 Å². The Labute approximate surface area is 222 Å². The summed E-state index contributed by atoms with van der Waals surface area (Å²) in [6.45, 7) is 6.41. The minimum absolute atomic E-state index is 0.0396. The fraction of sp³-hybridized carbons (Fsp3) is 0.310. The minimum Gasteiger partial charge on any atom is -0.494 e. The molecular formula is C29H31ClN4O3. The quantitative estimate of drug-likeness (QED) is 0.328. The van der Waals surface area contributed by atoms with Crippen LogP contribution in [-0.2, 0) is 16.1 Å². The monoisotopic (exact) mass is 518 g/mol. The Kier molecular flexibility index (Phi) is 7.74. The van der Waals surface area contributed by atoms with Crippen LogP contribution < -0.4 is 4.74 Å². The lowest BCUT2D eigenvalue weighted by atomic mass is 10.1. The number of methoxy groups -OCH3 is 1. The summed E-state index contributed by atoms with van der Waals surface area (Å²) in [7, 11) is 1.55. The van der Waals surface area contributed by atoms with Gasteiger partial charge in [0.05, 0.1) is 18.0 Å². The smallest absolute Gasteiger partial charge is 0.248 e. The molecule has 0 N–H and O–H groups in total. The van der Waals surface area contributed by atoms with Crippen LogP contribution in [0.25, 0.3) is 28.0 Å². The van der Waals surface area contributed by atoms with Crippen molar-refractivity contribution in [2.24, 2.45) is 0 Å². The molecule has 2 aromatic heterocycles. The maximum absolute atomic E-state index is 12.2. The number of piperazine rings is 1. The molecule has 1 saturated heterocycles. The van der Waals surface area contributed by atoms with Crippen LogP contribution in [0.5, 0.6) is 5.75 Å². The molecule has 0 bridgehead atoms. The van der Waals surface area contributed by atoms with E-state index in [-0.39, 0.29) is 12.5 Å². The first-order chi connectivity index (χ1) is 18.1. The van der Waals surface area contributed by atoms with E-state index in [1.165, 1.54) is 0 Å². The Morgan fingerprint density at radius 1 is 0.973 bits per heavy atom. The van der Waals surface area contributed by atoms with Crippen LogP contribution in [-0.4, -0.2) is 71.6 Å². The number of benzene rings is 2. The number of halogens is 1. The van der Waals surface area contributed by atoms with Gasteiger partial charge in [-0.15, -0.1) is 0 Å². The van der Waals surface area contributed by atoms with E-state index < -0.39 is 0 Å². The van der Waals surface area contributed by atoms with E-state index >= 15 is 0 Å². The van der Waals surface area contributed by atoms with Crippen LogP contribution in [0, 0.1) is 0 Å². The van der Waals surface area contributed by atoms with Gasteiger partial charge in [-0.3, -0.25) is 9.69 Å². The minimum atomic E-state index is 0.0396. The van der Waals surface area contributed by atoms with Crippen LogP contribution >= 0.6 is 11.6 Å². The van der Waals surface area contributed by atoms with E-state index in [9.17, 15) is 4.79 Å². The number of pyridine rings is 1. The van der Waals surface area contributed by atoms with Crippen molar-refractivity contribution in [3.8, 4) is 28.1 Å². The van der Waals surface area contributed by atoms with Crippen molar-refractivity contribution < 1.29 is 14.3 Å². The fourth-order valence-electron chi connectivity index (χ4n) is 4.77. The maximum Gasteiger partial charge on any atom is 0.248 e. The summed E-state index contributed by atoms with van der Waals surface area (Å²) in [4.78, 5) is 21.5. The third-order valence-corrected chi connectivity index (χ3v) is 6.93. The van der Waals surface area contributed by atoms with Gasteiger partial charge in [0.1, 0.15) is 18.0 Å². The van der Waals surface area contributed by atoms with Crippen molar-refractivity contribution in [3.05, 3.63) is 77.6 Å². The fourth-order valence-corrected chi connectivity index (χ4v) is 4.89. The summed E-state index contributed by atoms with van der Waals surface area (Å²) in [6, 6.07) is 20.1. The number of carbonyl (C=O) groups is 1. The average Bonchev–Trinajstić information content (AvgIpc) is 3.27. The molecule has 0 unspecified atom stereocenters. The van der Waals surface area contributed by atoms with Gasteiger partial charge in [0.15, 0.2) is 0 Å². The van der Waals surface area contributed by atoms with Gasteiger partial charge < -0.3 is 18.8 Å². The van der Waals surface area contributed by atoms with Gasteiger partial charge in [-0.1, -0.05) is 35.9 Å². The van der Waals surface area contributed by atoms with Gasteiger partial charge >= 0.3 is 0 Å². The first-order valence-electron chi connectivity index (χ1n) is 12.5. The predicted octanol–water partition coefficient (Wildman–Crippen LogP) is 5.01. The molecule has 1 aliphatic heterocycles. The molecule has 0 spiro atoms. The molecule has 37 heavy (non-hydrogen) atoms. The second kappa shape index (κ2) is 11.3. The molecule has 1 fully saturated rings. The number of hydrogen-bond acceptors (Lipinski definition) is 5. The third kappa shape index (κ3) is 5.64. The second-order valence-corrected chi connectivity index (χ2v) is 9.55. The van der Waals surface area contributed by atoms with Crippen molar-refractivity contribution in [1.82, 2.24) is 19.2 Å². The Morgan fingerprint density at radius 2 is 1.73 bits per heavy atom. The molecule has 3 heterocycles. The molecule has 0 saturated carbocycles. The summed E-state index contributed by atoms with van der Waals surface area (Å²) < 4.78 is 12.9. The third-order valence-electron chi connectivity index (χ3n) is 6.68. The van der Waals surface area contributed by atoms with Gasteiger partial charge in [-0.05, 0) is 54.4 Å². The standard InChI is InChI=1S/C29H31ClN4O3/c1-3-37-25-6-4-5-22(17-25)23-9-12-27-31-29(21-7-10-24(30)11-8-21)26(34(27)18-23)19-32-13-15-33(16-14-32)28(35)20-36-2/h4-12,17-18H,3,13-16,19-20H2,1-2H3. The molecule has 1 amide bonds. The zero-order valence-corrected chi connectivity index (χ0v) is 21.9. The van der Waals surface area contributed by atoms with E-state index in [4.69, 9.17) is 26.1 Å². The summed E-state index contributed by atoms with van der Waals surface area (Å²) in [5.41, 5.74) is 6.14. The first-order valence-corrected chi connectivity index (χ1v) is 12.9. The molecule has 0 atom stereocenters. The molecule has 0 radical (unpaired) electrons. The van der Waals surface area contributed by atoms with Crippen molar-refractivity contribution in [2.45, 2.75) is 13.5 Å². The number of ether oxygens (including phenoxy) is 2. The lowest BCUT2D eigenvalue weighted by Gasteiger charge is -2.34. The number of aromatic nitrogens is 2. The van der Waals surface area contributed by atoms with Crippen LogP contribution in [0.2, 0.25) is 5.02 Å². The number of hydrogen-bond donors (Lipinski definition) is 0. The molecule has 0 aliphatic carbocycles. The summed E-state index contributed by atoms with van der Waals surface area (Å²) in [6.07, 6.45) is 2.15. The molecule has 1 aliphatic rings. The van der Waals surface area contributed by atoms with Gasteiger partial charge in [-0.2, -0.15) is 0 Å². The summed E-state index contributed by atoms with van der Waals surface area (Å²) in [5.74, 6) is 0.895. The maximum atomic E-state index is 12.2. The van der Waals surface area contributed by atoms with Crippen LogP contribution in [0.1, 0.15) is 12.6 Å². The highest BCUT2D eigenvalue weighted by Crippen LogP contribution is 2.30. The number of fused-ring (bicyclic) bond motifs is 1. The number of nitrogens with zero attached hydrogens (tertiary/aromatic N) is 4. The number of rotatable bonds is 8. The lowest BCUT2D eigenvalue weighted by Crippen LogP contribution is -2.49. The molecule has 5 rings (SSSR count). The van der Waals surface area contributed by atoms with Crippen molar-refractivity contribution in [1.29, 1.82) is 0 Å². The van der Waals surface area contributed by atoms with Gasteiger partial charge in [0, 0.05) is 56.6 Å². The highest BCUT2D eigenvalue weighted by Gasteiger charge is 2.24. The molecular weight excluding hydrogens is 488 g/mol. The Morgan fingerprint density at radius 3 is 2.46 bits per heavy atom. The Hall–Kier alpha value is -3.39. The van der Waals surface area contributed by atoms with Gasteiger partial charge in [0.2, 0.25) is 5.91 Å². The van der Waals surface area contributed by atoms with Crippen LogP contribution in [0.4, 0.5) is 0 Å². The zero-order chi connectivity index (χ0) is 25.8. The van der Waals surface area contributed by atoms with Crippen molar-refractivity contribution in [2.75, 3.05) is 46.5 Å². The first kappa shape index (κ1) is 25.3. The molecule has 8 heteroatoms. The lowest BCUT2D eigenvalue weighted by molar-refractivity contribution is -0.136. The van der Waals surface area contributed by atoms with E-state index in [1.54, 1.807) is 7.11 Å². The highest BCUT2D eigenvalue weighted by atomic mass is 35.5. The number of amides is 1. The topological polar surface area (TPSA) is 59.3 Å². The molecule has 4 aromatic rings. The molecule has 7 nitrogen and oxygen atoms in total. The summed E-state index contributed by atoms with van der Waals surface area (Å²) >= 11 is 6.17. The van der Waals surface area contributed by atoms with Crippen molar-refractivity contribution in [3.63, 3.8) is 0 Å². The zero-order valence-electron chi connectivity index (χ0n) is 21.2. The molecule has 2 aromatic carbocycles. The van der Waals surface area contributed by atoms with Crippen molar-refractivity contribution >= 4 is 23.2 Å². The summed E-state index contributed by atoms with van der Waals surface area (Å²) in [5, 5.41) is 0.697. The van der Waals surface area contributed by atoms with Crippen LogP contribution in [0.15, 0.2) is 66.9 Å². The Balaban J connectivity index is 1.50. The molecule has 192 valence electrons. The normalized spacial score (nSPS) is 14.3. The number of imidazole rings is 1. The predicted molar refractivity (Wildman–Crippen MR) is 146 cm³/mol. The average molecular weight is 519 g/mol. The van der Waals surface area contributed by atoms with Gasteiger partial charge in [-0.25, -0.2) is 4.98 Å². The van der Waals surface area contributed by atoms with Crippen LogP contribution in [0.3, 0.4) is 0 Å². The SMILES string of the molecule is CCOc1cccc(-c2ccc3nc(-c4ccc(Cl)cc4)c(CN4CCN(C(=O)COC)CC4)n3c2)c1. The van der Waals surface area contributed by atoms with E-state index in [1.807, 2.05) is 48.2 Å². The largest absolute Gasteiger partial charge is 0.494 e. The Bertz CT molecular complexity index is 1380. The number of carbonyl (C=O) groups excluding carboxylic acids is 1. The van der Waals surface area contributed by atoms with Gasteiger partial charge in [0.25, 0.3) is 0 Å². The van der Waals surface area contributed by atoms with E-state index in [0.717, 1.165) is 52.6 Å².